The van der Waals surface area contributed by atoms with E-state index in [1.54, 1.807) is 11.8 Å². The van der Waals surface area contributed by atoms with Crippen LogP contribution in [0.4, 0.5) is 5.69 Å². The second kappa shape index (κ2) is 10.1. The molecule has 4 fully saturated rings. The van der Waals surface area contributed by atoms with Gasteiger partial charge in [-0.15, -0.1) is 11.8 Å². The van der Waals surface area contributed by atoms with Gasteiger partial charge in [-0.05, 0) is 50.1 Å². The average Bonchev–Trinajstić information content (AvgIpc) is 3.57. The number of carbonyl (C=O) groups excluding carboxylic acids is 3. The van der Waals surface area contributed by atoms with Crippen LogP contribution in [0.1, 0.15) is 64.2 Å². The van der Waals surface area contributed by atoms with Crippen molar-refractivity contribution >= 4 is 35.2 Å². The first-order valence-corrected chi connectivity index (χ1v) is 15.2. The predicted molar refractivity (Wildman–Crippen MR) is 143 cm³/mol. The van der Waals surface area contributed by atoms with Gasteiger partial charge in [0.05, 0.1) is 17.9 Å². The van der Waals surface area contributed by atoms with E-state index in [-0.39, 0.29) is 29.8 Å². The molecule has 2 saturated carbocycles. The van der Waals surface area contributed by atoms with Crippen molar-refractivity contribution in [3.05, 3.63) is 36.4 Å². The Morgan fingerprint density at radius 1 is 1.03 bits per heavy atom. The summed E-state index contributed by atoms with van der Waals surface area (Å²) in [7, 11) is 0. The van der Waals surface area contributed by atoms with Crippen molar-refractivity contribution in [2.45, 2.75) is 98.9 Å². The molecule has 8 heteroatoms. The lowest BCUT2D eigenvalue weighted by molar-refractivity contribution is -0.144. The van der Waals surface area contributed by atoms with Crippen LogP contribution in [0, 0.1) is 11.8 Å². The molecule has 37 heavy (non-hydrogen) atoms. The van der Waals surface area contributed by atoms with Crippen molar-refractivity contribution in [2.24, 2.45) is 11.8 Å². The molecule has 5 aliphatic rings. The highest BCUT2D eigenvalue weighted by Gasteiger charge is 2.73. The van der Waals surface area contributed by atoms with Crippen molar-refractivity contribution < 1.29 is 19.1 Å². The fraction of sp³-hybridized carbons (Fsp3) is 0.621. The van der Waals surface area contributed by atoms with Gasteiger partial charge in [0, 0.05) is 22.7 Å². The van der Waals surface area contributed by atoms with Crippen LogP contribution < -0.4 is 10.6 Å². The first-order valence-electron chi connectivity index (χ1n) is 14.0. The fourth-order valence-corrected chi connectivity index (χ4v) is 7.87. The monoisotopic (exact) mass is 523 g/mol. The summed E-state index contributed by atoms with van der Waals surface area (Å²) in [4.78, 5) is 44.7. The van der Waals surface area contributed by atoms with Gasteiger partial charge in [0.1, 0.15) is 11.6 Å². The molecule has 0 radical (unpaired) electrons. The number of carbonyl (C=O) groups is 3. The van der Waals surface area contributed by atoms with Crippen LogP contribution in [-0.4, -0.2) is 58.7 Å². The van der Waals surface area contributed by atoms with Crippen LogP contribution in [0.2, 0.25) is 0 Å². The molecule has 0 aromatic heterocycles. The van der Waals surface area contributed by atoms with Crippen LogP contribution in [0.15, 0.2) is 41.3 Å². The Kier molecular flexibility index (Phi) is 6.82. The summed E-state index contributed by atoms with van der Waals surface area (Å²) in [6.45, 7) is 0. The molecule has 198 valence electrons. The Hall–Kier alpha value is -2.32. The maximum Gasteiger partial charge on any atom is 0.246 e. The third-order valence-electron chi connectivity index (χ3n) is 9.12. The van der Waals surface area contributed by atoms with E-state index in [1.165, 1.54) is 6.42 Å². The number of likely N-dealkylation sites (tertiary alicyclic amines) is 1. The van der Waals surface area contributed by atoms with E-state index in [4.69, 9.17) is 4.74 Å². The summed E-state index contributed by atoms with van der Waals surface area (Å²) in [5.74, 6) is -1.78. The van der Waals surface area contributed by atoms with Gasteiger partial charge in [-0.2, -0.15) is 0 Å². The summed E-state index contributed by atoms with van der Waals surface area (Å²) < 4.78 is 6.52. The van der Waals surface area contributed by atoms with E-state index in [0.717, 1.165) is 62.7 Å². The van der Waals surface area contributed by atoms with Crippen molar-refractivity contribution in [2.75, 3.05) is 11.6 Å². The quantitative estimate of drug-likeness (QED) is 0.429. The number of ether oxygens (including phenoxy) is 1. The smallest absolute Gasteiger partial charge is 0.246 e. The normalized spacial score (nSPS) is 33.5. The van der Waals surface area contributed by atoms with E-state index in [1.807, 2.05) is 47.6 Å². The van der Waals surface area contributed by atoms with E-state index in [9.17, 15) is 14.4 Å². The highest BCUT2D eigenvalue weighted by atomic mass is 32.2. The van der Waals surface area contributed by atoms with E-state index >= 15 is 0 Å². The topological polar surface area (TPSA) is 87.7 Å². The molecular weight excluding hydrogens is 486 g/mol. The largest absolute Gasteiger partial charge is 0.359 e. The number of fused-ring (bicyclic) bond motifs is 1. The van der Waals surface area contributed by atoms with Gasteiger partial charge in [0.15, 0.2) is 0 Å². The number of amides is 3. The first-order chi connectivity index (χ1) is 18.0. The number of hydrogen-bond acceptors (Lipinski definition) is 5. The highest BCUT2D eigenvalue weighted by molar-refractivity contribution is 7.98. The molecule has 3 heterocycles. The second-order valence-corrected chi connectivity index (χ2v) is 12.2. The van der Waals surface area contributed by atoms with Crippen molar-refractivity contribution in [1.82, 2.24) is 10.2 Å². The molecule has 1 aromatic rings. The SMILES string of the molecule is CSc1cccc(NC(=O)C2[C@H]3C=CC4(O3)C(C(=O)NC3CCCCC3)N(C3CCCCC3)C(=O)[C@@H]24)c1. The Balaban J connectivity index is 1.31. The molecule has 1 aromatic carbocycles. The number of rotatable bonds is 6. The zero-order chi connectivity index (χ0) is 25.6. The molecule has 3 amide bonds. The summed E-state index contributed by atoms with van der Waals surface area (Å²) in [5, 5.41) is 6.33. The molecule has 2 saturated heterocycles. The Morgan fingerprint density at radius 3 is 2.49 bits per heavy atom. The number of hydrogen-bond donors (Lipinski definition) is 2. The minimum Gasteiger partial charge on any atom is -0.359 e. The van der Waals surface area contributed by atoms with Gasteiger partial charge in [0.2, 0.25) is 17.7 Å². The number of nitrogens with one attached hydrogen (secondary N) is 2. The van der Waals surface area contributed by atoms with Crippen LogP contribution in [0.25, 0.3) is 0 Å². The van der Waals surface area contributed by atoms with Gasteiger partial charge < -0.3 is 20.3 Å². The standard InChI is InChI=1S/C29H37N3O4S/c1-37-21-14-8-11-19(17-21)31-26(33)23-22-15-16-29(36-22)24(23)28(35)32(20-12-6-3-7-13-20)25(29)27(34)30-18-9-4-2-5-10-18/h8,11,14-18,20,22-25H,2-7,9-10,12-13H2,1H3,(H,30,34)(H,31,33)/t22-,23?,24-,25?,29?/m1/s1. The lowest BCUT2D eigenvalue weighted by Crippen LogP contribution is -2.58. The first kappa shape index (κ1) is 25.0. The molecule has 5 atom stereocenters. The van der Waals surface area contributed by atoms with Gasteiger partial charge in [-0.1, -0.05) is 56.7 Å². The van der Waals surface area contributed by atoms with Crippen molar-refractivity contribution in [1.29, 1.82) is 0 Å². The Bertz CT molecular complexity index is 1100. The van der Waals surface area contributed by atoms with Gasteiger partial charge in [-0.25, -0.2) is 0 Å². The maximum atomic E-state index is 14.2. The molecule has 7 nitrogen and oxygen atoms in total. The van der Waals surface area contributed by atoms with Gasteiger partial charge in [0.25, 0.3) is 0 Å². The highest BCUT2D eigenvalue weighted by Crippen LogP contribution is 2.56. The molecule has 1 spiro atoms. The van der Waals surface area contributed by atoms with E-state index in [0.29, 0.717) is 5.69 Å². The lowest BCUT2D eigenvalue weighted by atomic mass is 9.74. The van der Waals surface area contributed by atoms with Gasteiger partial charge in [-0.3, -0.25) is 14.4 Å². The number of thioether (sulfide) groups is 1. The Labute approximate surface area is 223 Å². The average molecular weight is 524 g/mol. The van der Waals surface area contributed by atoms with Crippen LogP contribution in [0.3, 0.4) is 0 Å². The summed E-state index contributed by atoms with van der Waals surface area (Å²) >= 11 is 1.61. The second-order valence-electron chi connectivity index (χ2n) is 11.3. The van der Waals surface area contributed by atoms with Crippen LogP contribution in [0.5, 0.6) is 0 Å². The zero-order valence-corrected chi connectivity index (χ0v) is 22.3. The summed E-state index contributed by atoms with van der Waals surface area (Å²) in [5.41, 5.74) is -0.375. The minimum atomic E-state index is -1.08. The fourth-order valence-electron chi connectivity index (χ4n) is 7.41. The third-order valence-corrected chi connectivity index (χ3v) is 9.85. The van der Waals surface area contributed by atoms with Crippen molar-refractivity contribution in [3.63, 3.8) is 0 Å². The Morgan fingerprint density at radius 2 is 1.76 bits per heavy atom. The third kappa shape index (κ3) is 4.30. The maximum absolute atomic E-state index is 14.2. The van der Waals surface area contributed by atoms with Crippen molar-refractivity contribution in [3.8, 4) is 0 Å². The predicted octanol–water partition coefficient (Wildman–Crippen LogP) is 4.28. The number of nitrogens with zero attached hydrogens (tertiary/aromatic N) is 1. The number of benzene rings is 1. The van der Waals surface area contributed by atoms with Crippen LogP contribution in [-0.2, 0) is 19.1 Å². The minimum absolute atomic E-state index is 0.0151. The van der Waals surface area contributed by atoms with E-state index < -0.39 is 29.6 Å². The molecule has 2 bridgehead atoms. The molecule has 2 N–H and O–H groups in total. The molecular formula is C29H37N3O4S. The molecule has 6 rings (SSSR count). The van der Waals surface area contributed by atoms with Crippen LogP contribution >= 0.6 is 11.8 Å². The molecule has 2 aliphatic carbocycles. The molecule has 3 aliphatic heterocycles. The summed E-state index contributed by atoms with van der Waals surface area (Å²) in [6.07, 6.45) is 15.8. The lowest BCUT2D eigenvalue weighted by Gasteiger charge is -2.39. The number of anilines is 1. The summed E-state index contributed by atoms with van der Waals surface area (Å²) in [6, 6.07) is 7.14. The van der Waals surface area contributed by atoms with Gasteiger partial charge >= 0.3 is 0 Å². The van der Waals surface area contributed by atoms with E-state index in [2.05, 4.69) is 10.6 Å². The zero-order valence-electron chi connectivity index (χ0n) is 21.5. The molecule has 3 unspecified atom stereocenters.